The topological polar surface area (TPSA) is 110 Å². The number of aryl methyl sites for hydroxylation is 1. The SMILES string of the molecule is O=C(CCc1nc(-c2ncn[nH]2)no1)NC1CC1C1CCCCC1. The minimum Gasteiger partial charge on any atom is -0.353 e. The number of hydrogen-bond donors (Lipinski definition) is 2. The smallest absolute Gasteiger partial charge is 0.239 e. The molecule has 2 unspecified atom stereocenters. The number of carbonyl (C=O) groups is 1. The van der Waals surface area contributed by atoms with Crippen molar-refractivity contribution in [2.75, 3.05) is 0 Å². The fraction of sp³-hybridized carbons (Fsp3) is 0.688. The standard InChI is InChI=1S/C16H22N6O2/c23-13(19-12-8-11(12)10-4-2-1-3-5-10)6-7-14-20-16(22-24-14)15-17-9-18-21-15/h9-12H,1-8H2,(H,19,23)(H,17,18,21). The van der Waals surface area contributed by atoms with Crippen LogP contribution in [0.3, 0.4) is 0 Å². The molecule has 0 bridgehead atoms. The average Bonchev–Trinajstić information content (AvgIpc) is 3.03. The van der Waals surface area contributed by atoms with Crippen LogP contribution >= 0.6 is 0 Å². The van der Waals surface area contributed by atoms with E-state index in [2.05, 4.69) is 30.6 Å². The predicted molar refractivity (Wildman–Crippen MR) is 84.6 cm³/mol. The number of aromatic amines is 1. The van der Waals surface area contributed by atoms with Gasteiger partial charge in [-0.2, -0.15) is 10.1 Å². The van der Waals surface area contributed by atoms with Crippen LogP contribution in [0.15, 0.2) is 10.9 Å². The van der Waals surface area contributed by atoms with Gasteiger partial charge in [0.25, 0.3) is 0 Å². The summed E-state index contributed by atoms with van der Waals surface area (Å²) in [5, 5.41) is 13.4. The Labute approximate surface area is 139 Å². The monoisotopic (exact) mass is 330 g/mol. The van der Waals surface area contributed by atoms with Gasteiger partial charge in [0, 0.05) is 18.9 Å². The maximum Gasteiger partial charge on any atom is 0.239 e. The van der Waals surface area contributed by atoms with Gasteiger partial charge in [0.2, 0.25) is 17.6 Å². The van der Waals surface area contributed by atoms with Gasteiger partial charge < -0.3 is 9.84 Å². The zero-order valence-corrected chi connectivity index (χ0v) is 13.6. The van der Waals surface area contributed by atoms with E-state index in [4.69, 9.17) is 4.52 Å². The third-order valence-electron chi connectivity index (χ3n) is 5.10. The summed E-state index contributed by atoms with van der Waals surface area (Å²) in [4.78, 5) is 20.3. The van der Waals surface area contributed by atoms with E-state index in [0.29, 0.717) is 42.3 Å². The molecule has 2 heterocycles. The van der Waals surface area contributed by atoms with Crippen molar-refractivity contribution in [2.45, 2.75) is 57.4 Å². The largest absolute Gasteiger partial charge is 0.353 e. The average molecular weight is 330 g/mol. The maximum atomic E-state index is 12.1. The van der Waals surface area contributed by atoms with E-state index in [1.54, 1.807) is 0 Å². The molecule has 8 heteroatoms. The molecule has 0 aromatic carbocycles. The van der Waals surface area contributed by atoms with E-state index in [1.165, 1.54) is 38.4 Å². The molecule has 2 saturated carbocycles. The molecule has 2 fully saturated rings. The first-order valence-electron chi connectivity index (χ1n) is 8.77. The van der Waals surface area contributed by atoms with Gasteiger partial charge in [-0.25, -0.2) is 4.98 Å². The van der Waals surface area contributed by atoms with Crippen LogP contribution in [0.25, 0.3) is 11.6 Å². The summed E-state index contributed by atoms with van der Waals surface area (Å²) in [6.45, 7) is 0. The number of hydrogen-bond acceptors (Lipinski definition) is 6. The van der Waals surface area contributed by atoms with Crippen LogP contribution in [0.1, 0.15) is 50.8 Å². The number of aromatic nitrogens is 5. The summed E-state index contributed by atoms with van der Waals surface area (Å²) < 4.78 is 5.15. The van der Waals surface area contributed by atoms with Crippen LogP contribution in [0.2, 0.25) is 0 Å². The molecule has 0 radical (unpaired) electrons. The Balaban J connectivity index is 1.21. The number of rotatable bonds is 6. The first-order valence-corrected chi connectivity index (χ1v) is 8.77. The number of carbonyl (C=O) groups excluding carboxylic acids is 1. The van der Waals surface area contributed by atoms with Gasteiger partial charge in [-0.15, -0.1) is 0 Å². The molecule has 8 nitrogen and oxygen atoms in total. The minimum absolute atomic E-state index is 0.0673. The molecule has 128 valence electrons. The van der Waals surface area contributed by atoms with Crippen LogP contribution < -0.4 is 5.32 Å². The highest BCUT2D eigenvalue weighted by molar-refractivity contribution is 5.76. The molecule has 2 atom stereocenters. The molecule has 24 heavy (non-hydrogen) atoms. The van der Waals surface area contributed by atoms with Gasteiger partial charge in [-0.05, 0) is 18.3 Å². The first-order chi connectivity index (χ1) is 11.8. The first kappa shape index (κ1) is 15.3. The Bertz CT molecular complexity index is 677. The number of H-pyrrole nitrogens is 1. The Morgan fingerprint density at radius 1 is 1.33 bits per heavy atom. The predicted octanol–water partition coefficient (Wildman–Crippen LogP) is 1.87. The highest BCUT2D eigenvalue weighted by Crippen LogP contribution is 2.44. The lowest BCUT2D eigenvalue weighted by molar-refractivity contribution is -0.121. The van der Waals surface area contributed by atoms with E-state index in [1.807, 2.05) is 0 Å². The zero-order chi connectivity index (χ0) is 16.4. The van der Waals surface area contributed by atoms with Crippen molar-refractivity contribution in [3.63, 3.8) is 0 Å². The van der Waals surface area contributed by atoms with E-state index in [9.17, 15) is 4.79 Å². The van der Waals surface area contributed by atoms with Crippen molar-refractivity contribution >= 4 is 5.91 Å². The van der Waals surface area contributed by atoms with Crippen molar-refractivity contribution in [2.24, 2.45) is 11.8 Å². The normalized spacial score (nSPS) is 24.0. The Morgan fingerprint density at radius 2 is 2.21 bits per heavy atom. The maximum absolute atomic E-state index is 12.1. The quantitative estimate of drug-likeness (QED) is 0.837. The van der Waals surface area contributed by atoms with Gasteiger partial charge in [0.1, 0.15) is 6.33 Å². The number of nitrogens with one attached hydrogen (secondary N) is 2. The second kappa shape index (κ2) is 6.70. The lowest BCUT2D eigenvalue weighted by atomic mass is 9.85. The zero-order valence-electron chi connectivity index (χ0n) is 13.6. The molecule has 4 rings (SSSR count). The molecular weight excluding hydrogens is 308 g/mol. The third-order valence-corrected chi connectivity index (χ3v) is 5.10. The molecule has 1 amide bonds. The van der Waals surface area contributed by atoms with E-state index in [-0.39, 0.29) is 5.91 Å². The van der Waals surface area contributed by atoms with Gasteiger partial charge >= 0.3 is 0 Å². The van der Waals surface area contributed by atoms with Crippen LogP contribution in [0.5, 0.6) is 0 Å². The van der Waals surface area contributed by atoms with Crippen molar-refractivity contribution < 1.29 is 9.32 Å². The van der Waals surface area contributed by atoms with Crippen molar-refractivity contribution in [1.29, 1.82) is 0 Å². The van der Waals surface area contributed by atoms with Crippen molar-refractivity contribution in [3.8, 4) is 11.6 Å². The molecule has 2 N–H and O–H groups in total. The fourth-order valence-corrected chi connectivity index (χ4v) is 3.73. The van der Waals surface area contributed by atoms with E-state index < -0.39 is 0 Å². The van der Waals surface area contributed by atoms with Gasteiger partial charge in [0.05, 0.1) is 0 Å². The Kier molecular flexibility index (Phi) is 4.27. The molecule has 0 aliphatic heterocycles. The van der Waals surface area contributed by atoms with Crippen LogP contribution in [0.4, 0.5) is 0 Å². The highest BCUT2D eigenvalue weighted by Gasteiger charge is 2.43. The molecule has 2 aromatic rings. The van der Waals surface area contributed by atoms with Crippen molar-refractivity contribution in [3.05, 3.63) is 12.2 Å². The van der Waals surface area contributed by atoms with Crippen LogP contribution in [-0.2, 0) is 11.2 Å². The Hall–Kier alpha value is -2.25. The van der Waals surface area contributed by atoms with E-state index >= 15 is 0 Å². The van der Waals surface area contributed by atoms with Gasteiger partial charge in [0.15, 0.2) is 5.82 Å². The number of nitrogens with zero attached hydrogens (tertiary/aromatic N) is 4. The Morgan fingerprint density at radius 3 is 3.00 bits per heavy atom. The number of amides is 1. The van der Waals surface area contributed by atoms with Gasteiger partial charge in [-0.3, -0.25) is 9.89 Å². The van der Waals surface area contributed by atoms with Crippen LogP contribution in [0, 0.1) is 11.8 Å². The summed E-state index contributed by atoms with van der Waals surface area (Å²) in [6, 6.07) is 0.382. The minimum atomic E-state index is 0.0673. The summed E-state index contributed by atoms with van der Waals surface area (Å²) >= 11 is 0. The molecule has 2 aromatic heterocycles. The molecule has 0 saturated heterocycles. The summed E-state index contributed by atoms with van der Waals surface area (Å²) in [7, 11) is 0. The summed E-state index contributed by atoms with van der Waals surface area (Å²) in [5.74, 6) is 2.86. The van der Waals surface area contributed by atoms with Crippen molar-refractivity contribution in [1.82, 2.24) is 30.6 Å². The van der Waals surface area contributed by atoms with E-state index in [0.717, 1.165) is 12.3 Å². The molecule has 2 aliphatic carbocycles. The second-order valence-electron chi connectivity index (χ2n) is 6.82. The summed E-state index contributed by atoms with van der Waals surface area (Å²) in [6.07, 6.45) is 10.1. The highest BCUT2D eigenvalue weighted by atomic mass is 16.5. The van der Waals surface area contributed by atoms with Gasteiger partial charge in [-0.1, -0.05) is 37.3 Å². The van der Waals surface area contributed by atoms with Crippen LogP contribution in [-0.4, -0.2) is 37.3 Å². The second-order valence-corrected chi connectivity index (χ2v) is 6.82. The molecular formula is C16H22N6O2. The molecule has 0 spiro atoms. The lowest BCUT2D eigenvalue weighted by Gasteiger charge is -2.21. The molecule has 2 aliphatic rings. The fourth-order valence-electron chi connectivity index (χ4n) is 3.73. The third kappa shape index (κ3) is 3.47. The summed E-state index contributed by atoms with van der Waals surface area (Å²) in [5.41, 5.74) is 0. The lowest BCUT2D eigenvalue weighted by Crippen LogP contribution is -2.28.